The molecule has 0 unspecified atom stereocenters. The zero-order valence-electron chi connectivity index (χ0n) is 19.6. The molecule has 1 atom stereocenters. The van der Waals surface area contributed by atoms with E-state index in [9.17, 15) is 22.8 Å². The van der Waals surface area contributed by atoms with E-state index in [-0.39, 0.29) is 28.8 Å². The van der Waals surface area contributed by atoms with Crippen molar-refractivity contribution >= 4 is 44.9 Å². The van der Waals surface area contributed by atoms with E-state index >= 15 is 0 Å². The third-order valence-corrected chi connectivity index (χ3v) is 7.57. The lowest BCUT2D eigenvalue weighted by molar-refractivity contribution is -0.125. The lowest BCUT2D eigenvalue weighted by Crippen LogP contribution is -2.50. The van der Waals surface area contributed by atoms with Crippen LogP contribution in [0.3, 0.4) is 0 Å². The number of sulfonamides is 1. The maximum atomic E-state index is 12.7. The molecule has 0 aliphatic carbocycles. The van der Waals surface area contributed by atoms with E-state index in [1.807, 2.05) is 0 Å². The van der Waals surface area contributed by atoms with Gasteiger partial charge in [0.25, 0.3) is 11.1 Å². The van der Waals surface area contributed by atoms with Crippen molar-refractivity contribution in [1.29, 1.82) is 0 Å². The van der Waals surface area contributed by atoms with Crippen molar-refractivity contribution in [3.8, 4) is 5.75 Å². The average Bonchev–Trinajstić information content (AvgIpc) is 3.10. The van der Waals surface area contributed by atoms with Crippen LogP contribution < -0.4 is 14.8 Å². The number of amides is 3. The summed E-state index contributed by atoms with van der Waals surface area (Å²) in [5.41, 5.74) is 0.745. The predicted molar refractivity (Wildman–Crippen MR) is 134 cm³/mol. The second kappa shape index (κ2) is 11.5. The first-order valence-corrected chi connectivity index (χ1v) is 13.2. The number of nitrogens with one attached hydrogen (secondary N) is 2. The quantitative estimate of drug-likeness (QED) is 0.465. The van der Waals surface area contributed by atoms with Gasteiger partial charge >= 0.3 is 0 Å². The number of benzene rings is 2. The maximum absolute atomic E-state index is 12.7. The van der Waals surface area contributed by atoms with Crippen molar-refractivity contribution in [3.63, 3.8) is 0 Å². The Balaban J connectivity index is 1.59. The summed E-state index contributed by atoms with van der Waals surface area (Å²) in [5.74, 6) is -0.648. The number of carbonyl (C=O) groups excluding carboxylic acids is 3. The molecule has 186 valence electrons. The molecule has 1 heterocycles. The van der Waals surface area contributed by atoms with Crippen LogP contribution in [0.1, 0.15) is 19.4 Å². The topological polar surface area (TPSA) is 122 Å². The average molecular weight is 518 g/mol. The molecule has 0 aromatic heterocycles. The van der Waals surface area contributed by atoms with Gasteiger partial charge in [-0.25, -0.2) is 8.42 Å². The summed E-state index contributed by atoms with van der Waals surface area (Å²) < 4.78 is 32.8. The van der Waals surface area contributed by atoms with Crippen molar-refractivity contribution in [2.24, 2.45) is 5.92 Å². The predicted octanol–water partition coefficient (Wildman–Crippen LogP) is 2.85. The summed E-state index contributed by atoms with van der Waals surface area (Å²) in [5, 5.41) is 2.19. The molecule has 11 heteroatoms. The summed E-state index contributed by atoms with van der Waals surface area (Å²) in [6.07, 6.45) is 1.62. The number of hydrogen-bond acceptors (Lipinski definition) is 7. The third kappa shape index (κ3) is 6.71. The van der Waals surface area contributed by atoms with Crippen LogP contribution in [-0.4, -0.2) is 56.6 Å². The number of ether oxygens (including phenoxy) is 1. The van der Waals surface area contributed by atoms with Crippen molar-refractivity contribution in [1.82, 2.24) is 14.9 Å². The number of thioether (sulfide) groups is 1. The van der Waals surface area contributed by atoms with E-state index in [4.69, 9.17) is 4.74 Å². The zero-order valence-corrected chi connectivity index (χ0v) is 21.2. The first-order valence-electron chi connectivity index (χ1n) is 10.9. The van der Waals surface area contributed by atoms with Gasteiger partial charge in [0.05, 0.1) is 16.9 Å². The smallest absolute Gasteiger partial charge is 0.293 e. The standard InChI is InChI=1S/C24H27N3O6S2/c1-16(2)21(26-35(31,32)19-7-5-4-6-8-19)22(28)25-13-14-27-23(29)20(34-24(27)30)15-17-9-11-18(33-3)12-10-17/h4-12,15-16,21,26H,13-14H2,1-3H3,(H,25,28)/b20-15-/t21-/m0/s1. The molecule has 1 aliphatic heterocycles. The maximum Gasteiger partial charge on any atom is 0.293 e. The molecule has 0 spiro atoms. The van der Waals surface area contributed by atoms with Gasteiger partial charge in [0, 0.05) is 13.1 Å². The fourth-order valence-electron chi connectivity index (χ4n) is 3.27. The molecule has 9 nitrogen and oxygen atoms in total. The molecule has 0 saturated carbocycles. The summed E-state index contributed by atoms with van der Waals surface area (Å²) in [6, 6.07) is 13.8. The fourth-order valence-corrected chi connectivity index (χ4v) is 5.50. The van der Waals surface area contributed by atoms with E-state index in [1.54, 1.807) is 69.5 Å². The number of hydrogen-bond donors (Lipinski definition) is 2. The lowest BCUT2D eigenvalue weighted by Gasteiger charge is -2.22. The molecule has 1 fully saturated rings. The minimum atomic E-state index is -3.90. The molecular formula is C24H27N3O6S2. The Bertz CT molecular complexity index is 1210. The third-order valence-electron chi connectivity index (χ3n) is 5.21. The molecule has 35 heavy (non-hydrogen) atoms. The monoisotopic (exact) mass is 517 g/mol. The molecule has 3 amide bonds. The molecule has 2 aromatic rings. The number of carbonyl (C=O) groups is 3. The summed E-state index contributed by atoms with van der Waals surface area (Å²) in [7, 11) is -2.34. The Morgan fingerprint density at radius 3 is 2.34 bits per heavy atom. The van der Waals surface area contributed by atoms with Gasteiger partial charge in [0.15, 0.2) is 0 Å². The summed E-state index contributed by atoms with van der Waals surface area (Å²) >= 11 is 0.825. The highest BCUT2D eigenvalue weighted by Crippen LogP contribution is 2.32. The molecule has 2 aromatic carbocycles. The molecule has 3 rings (SSSR count). The Hall–Kier alpha value is -3.15. The zero-order chi connectivity index (χ0) is 25.6. The van der Waals surface area contributed by atoms with Crippen LogP contribution in [0.15, 0.2) is 64.4 Å². The van der Waals surface area contributed by atoms with Crippen LogP contribution in [0.25, 0.3) is 6.08 Å². The Morgan fingerprint density at radius 1 is 1.09 bits per heavy atom. The van der Waals surface area contributed by atoms with Gasteiger partial charge in [-0.15, -0.1) is 0 Å². The van der Waals surface area contributed by atoms with Crippen molar-refractivity contribution in [2.75, 3.05) is 20.2 Å². The van der Waals surface area contributed by atoms with Crippen LogP contribution in [0.2, 0.25) is 0 Å². The van der Waals surface area contributed by atoms with Gasteiger partial charge in [-0.1, -0.05) is 44.2 Å². The molecule has 1 saturated heterocycles. The molecular weight excluding hydrogens is 490 g/mol. The number of methoxy groups -OCH3 is 1. The van der Waals surface area contributed by atoms with Crippen LogP contribution in [0.4, 0.5) is 4.79 Å². The van der Waals surface area contributed by atoms with E-state index in [0.29, 0.717) is 5.75 Å². The van der Waals surface area contributed by atoms with Crippen molar-refractivity contribution in [3.05, 3.63) is 65.1 Å². The van der Waals surface area contributed by atoms with Crippen LogP contribution in [0.5, 0.6) is 5.75 Å². The SMILES string of the molecule is COc1ccc(/C=C2\SC(=O)N(CCNC(=O)[C@@H](NS(=O)(=O)c3ccccc3)C(C)C)C2=O)cc1. The van der Waals surface area contributed by atoms with E-state index in [0.717, 1.165) is 22.2 Å². The number of imide groups is 1. The van der Waals surface area contributed by atoms with Gasteiger partial charge in [-0.3, -0.25) is 19.3 Å². The first kappa shape index (κ1) is 26.5. The highest BCUT2D eigenvalue weighted by Gasteiger charge is 2.35. The number of nitrogens with zero attached hydrogens (tertiary/aromatic N) is 1. The molecule has 0 radical (unpaired) electrons. The van der Waals surface area contributed by atoms with Crippen LogP contribution in [-0.2, 0) is 19.6 Å². The summed E-state index contributed by atoms with van der Waals surface area (Å²) in [4.78, 5) is 39.2. The van der Waals surface area contributed by atoms with Gasteiger partial charge < -0.3 is 10.1 Å². The fraction of sp³-hybridized carbons (Fsp3) is 0.292. The second-order valence-corrected chi connectivity index (χ2v) is 10.8. The minimum Gasteiger partial charge on any atom is -0.497 e. The highest BCUT2D eigenvalue weighted by molar-refractivity contribution is 8.18. The highest BCUT2D eigenvalue weighted by atomic mass is 32.2. The van der Waals surface area contributed by atoms with E-state index in [2.05, 4.69) is 10.0 Å². The lowest BCUT2D eigenvalue weighted by atomic mass is 10.1. The Labute approximate surface area is 209 Å². The van der Waals surface area contributed by atoms with Gasteiger partial charge in [-0.2, -0.15) is 4.72 Å². The van der Waals surface area contributed by atoms with Crippen molar-refractivity contribution < 1.29 is 27.5 Å². The minimum absolute atomic E-state index is 0.0109. The largest absolute Gasteiger partial charge is 0.497 e. The second-order valence-electron chi connectivity index (χ2n) is 8.05. The molecule has 1 aliphatic rings. The number of rotatable bonds is 10. The molecule has 0 bridgehead atoms. The summed E-state index contributed by atoms with van der Waals surface area (Å²) in [6.45, 7) is 3.39. The van der Waals surface area contributed by atoms with E-state index < -0.39 is 33.1 Å². The van der Waals surface area contributed by atoms with Crippen LogP contribution >= 0.6 is 11.8 Å². The Morgan fingerprint density at radius 2 is 1.74 bits per heavy atom. The van der Waals surface area contributed by atoms with Crippen LogP contribution in [0, 0.1) is 5.92 Å². The normalized spacial score (nSPS) is 16.1. The molecule has 2 N–H and O–H groups in total. The Kier molecular flexibility index (Phi) is 8.71. The van der Waals surface area contributed by atoms with Crippen molar-refractivity contribution in [2.45, 2.75) is 24.8 Å². The van der Waals surface area contributed by atoms with Gasteiger partial charge in [-0.05, 0) is 53.6 Å². The van der Waals surface area contributed by atoms with E-state index in [1.165, 1.54) is 12.1 Å². The first-order chi connectivity index (χ1) is 16.6. The van der Waals surface area contributed by atoms with Gasteiger partial charge in [0.2, 0.25) is 15.9 Å². The van der Waals surface area contributed by atoms with Gasteiger partial charge in [0.1, 0.15) is 11.8 Å².